The van der Waals surface area contributed by atoms with Crippen molar-refractivity contribution in [1.82, 2.24) is 10.9 Å². The van der Waals surface area contributed by atoms with Crippen LogP contribution >= 0.6 is 31.9 Å². The van der Waals surface area contributed by atoms with Crippen LogP contribution in [0.1, 0.15) is 31.1 Å². The van der Waals surface area contributed by atoms with Crippen molar-refractivity contribution in [2.75, 3.05) is 0 Å². The van der Waals surface area contributed by atoms with Gasteiger partial charge in [0.2, 0.25) is 0 Å². The number of carbonyl (C=O) groups is 3. The van der Waals surface area contributed by atoms with Crippen molar-refractivity contribution in [2.45, 2.75) is 0 Å². The number of aromatic carboxylic acids is 1. The van der Waals surface area contributed by atoms with E-state index in [1.165, 1.54) is 0 Å². The Labute approximate surface area is 184 Å². The predicted molar refractivity (Wildman–Crippen MR) is 117 cm³/mol. The number of amides is 2. The minimum Gasteiger partial charge on any atom is -0.478 e. The molecule has 3 rings (SSSR count). The first-order chi connectivity index (χ1) is 13.9. The topological polar surface area (TPSA) is 95.5 Å². The average Bonchev–Trinajstić information content (AvgIpc) is 2.73. The monoisotopic (exact) mass is 518 g/mol. The third kappa shape index (κ3) is 7.52. The van der Waals surface area contributed by atoms with E-state index in [0.29, 0.717) is 16.7 Å². The molecule has 0 saturated carbocycles. The van der Waals surface area contributed by atoms with Crippen molar-refractivity contribution in [3.8, 4) is 0 Å². The van der Waals surface area contributed by atoms with Crippen LogP contribution in [0.5, 0.6) is 0 Å². The zero-order chi connectivity index (χ0) is 21.2. The van der Waals surface area contributed by atoms with E-state index >= 15 is 0 Å². The molecule has 0 aliphatic carbocycles. The second-order valence-corrected chi connectivity index (χ2v) is 7.43. The van der Waals surface area contributed by atoms with Crippen LogP contribution in [-0.2, 0) is 0 Å². The van der Waals surface area contributed by atoms with Gasteiger partial charge >= 0.3 is 5.97 Å². The Hall–Kier alpha value is -2.97. The van der Waals surface area contributed by atoms with E-state index < -0.39 is 5.97 Å². The lowest BCUT2D eigenvalue weighted by molar-refractivity contribution is 0.0696. The normalized spacial score (nSPS) is 9.59. The molecule has 0 heterocycles. The first-order valence-electron chi connectivity index (χ1n) is 8.27. The van der Waals surface area contributed by atoms with Crippen molar-refractivity contribution in [2.24, 2.45) is 0 Å². The number of carboxylic acid groups (broad SMARTS) is 1. The molecule has 6 nitrogen and oxygen atoms in total. The third-order valence-corrected chi connectivity index (χ3v) is 4.47. The van der Waals surface area contributed by atoms with Gasteiger partial charge in [-0.1, -0.05) is 62.2 Å². The summed E-state index contributed by atoms with van der Waals surface area (Å²) in [6, 6.07) is 22.1. The highest BCUT2D eigenvalue weighted by Crippen LogP contribution is 2.12. The summed E-state index contributed by atoms with van der Waals surface area (Å²) in [6.07, 6.45) is 0. The van der Waals surface area contributed by atoms with Gasteiger partial charge in [0, 0.05) is 20.1 Å². The van der Waals surface area contributed by atoms with Gasteiger partial charge in [-0.2, -0.15) is 0 Å². The average molecular weight is 520 g/mol. The van der Waals surface area contributed by atoms with E-state index in [1.54, 1.807) is 66.7 Å². The molecule has 0 fully saturated rings. The van der Waals surface area contributed by atoms with Crippen molar-refractivity contribution < 1.29 is 19.5 Å². The third-order valence-electron chi connectivity index (χ3n) is 3.48. The molecule has 3 N–H and O–H groups in total. The van der Waals surface area contributed by atoms with E-state index in [9.17, 15) is 14.4 Å². The van der Waals surface area contributed by atoms with Gasteiger partial charge in [-0.25, -0.2) is 4.79 Å². The zero-order valence-corrected chi connectivity index (χ0v) is 18.1. The lowest BCUT2D eigenvalue weighted by Crippen LogP contribution is -2.41. The maximum absolute atomic E-state index is 11.8. The Morgan fingerprint density at radius 2 is 1.07 bits per heavy atom. The minimum absolute atomic E-state index is 0.300. The summed E-state index contributed by atoms with van der Waals surface area (Å²) in [4.78, 5) is 33.8. The number of nitrogens with one attached hydrogen (secondary N) is 2. The van der Waals surface area contributed by atoms with Crippen LogP contribution in [0, 0.1) is 0 Å². The number of hydrogen-bond donors (Lipinski definition) is 3. The van der Waals surface area contributed by atoms with Crippen molar-refractivity contribution in [1.29, 1.82) is 0 Å². The molecule has 148 valence electrons. The molecule has 0 unspecified atom stereocenters. The number of carboxylic acids is 1. The van der Waals surface area contributed by atoms with Crippen LogP contribution in [-0.4, -0.2) is 22.9 Å². The molecular formula is C21H16Br2N2O4. The zero-order valence-electron chi connectivity index (χ0n) is 14.9. The van der Waals surface area contributed by atoms with Gasteiger partial charge in [0.1, 0.15) is 0 Å². The fraction of sp³-hybridized carbons (Fsp3) is 0. The summed E-state index contributed by atoms with van der Waals surface area (Å²) in [5.74, 6) is -1.63. The summed E-state index contributed by atoms with van der Waals surface area (Å²) in [5, 5.41) is 8.49. The molecule has 0 aliphatic rings. The highest BCUT2D eigenvalue weighted by atomic mass is 79.9. The number of rotatable bonds is 3. The Morgan fingerprint density at radius 3 is 1.55 bits per heavy atom. The molecule has 0 aliphatic heterocycles. The maximum Gasteiger partial charge on any atom is 0.335 e. The largest absolute Gasteiger partial charge is 0.478 e. The van der Waals surface area contributed by atoms with Crippen LogP contribution in [0.2, 0.25) is 0 Å². The summed E-state index contributed by atoms with van der Waals surface area (Å²) in [6.45, 7) is 0. The SMILES string of the molecule is O=C(NNC(=O)c1cccc(Br)c1)c1ccccc1.O=C(O)c1cccc(Br)c1. The van der Waals surface area contributed by atoms with Gasteiger partial charge in [-0.3, -0.25) is 20.4 Å². The number of halogens is 2. The van der Waals surface area contributed by atoms with Crippen LogP contribution in [0.3, 0.4) is 0 Å². The fourth-order valence-corrected chi connectivity index (χ4v) is 2.90. The molecule has 3 aromatic carbocycles. The van der Waals surface area contributed by atoms with Gasteiger partial charge in [0.05, 0.1) is 5.56 Å². The Morgan fingerprint density at radius 1 is 0.621 bits per heavy atom. The van der Waals surface area contributed by atoms with Crippen LogP contribution < -0.4 is 10.9 Å². The van der Waals surface area contributed by atoms with Crippen molar-refractivity contribution >= 4 is 49.6 Å². The summed E-state index contributed by atoms with van der Waals surface area (Å²) < 4.78 is 1.59. The summed E-state index contributed by atoms with van der Waals surface area (Å²) in [7, 11) is 0. The quantitative estimate of drug-likeness (QED) is 0.438. The maximum atomic E-state index is 11.8. The highest BCUT2D eigenvalue weighted by molar-refractivity contribution is 9.10. The molecule has 29 heavy (non-hydrogen) atoms. The standard InChI is InChI=1S/C14H11BrN2O2.C7H5BrO2/c15-12-8-4-7-11(9-12)14(19)17-16-13(18)10-5-2-1-3-6-10;8-6-3-1-2-5(4-6)7(9)10/h1-9H,(H,16,18)(H,17,19);1-4H,(H,9,10). The molecule has 2 amide bonds. The molecule has 8 heteroatoms. The summed E-state index contributed by atoms with van der Waals surface area (Å²) >= 11 is 6.45. The Kier molecular flexibility index (Phi) is 8.57. The lowest BCUT2D eigenvalue weighted by Gasteiger charge is -2.07. The van der Waals surface area contributed by atoms with Gasteiger partial charge in [-0.05, 0) is 48.5 Å². The fourth-order valence-electron chi connectivity index (χ4n) is 2.10. The van der Waals surface area contributed by atoms with Crippen LogP contribution in [0.25, 0.3) is 0 Å². The summed E-state index contributed by atoms with van der Waals surface area (Å²) in [5.41, 5.74) is 5.97. The van der Waals surface area contributed by atoms with Gasteiger partial charge in [0.25, 0.3) is 11.8 Å². The van der Waals surface area contributed by atoms with Crippen LogP contribution in [0.15, 0.2) is 87.8 Å². The van der Waals surface area contributed by atoms with E-state index in [4.69, 9.17) is 5.11 Å². The van der Waals surface area contributed by atoms with E-state index in [0.717, 1.165) is 8.95 Å². The molecule has 0 aromatic heterocycles. The molecule has 3 aromatic rings. The molecular weight excluding hydrogens is 504 g/mol. The molecule has 0 atom stereocenters. The van der Waals surface area contributed by atoms with Gasteiger partial charge in [-0.15, -0.1) is 0 Å². The van der Waals surface area contributed by atoms with Gasteiger partial charge in [0.15, 0.2) is 0 Å². The van der Waals surface area contributed by atoms with E-state index in [1.807, 2.05) is 12.1 Å². The lowest BCUT2D eigenvalue weighted by atomic mass is 10.2. The predicted octanol–water partition coefficient (Wildman–Crippen LogP) is 4.67. The number of benzene rings is 3. The highest BCUT2D eigenvalue weighted by Gasteiger charge is 2.08. The van der Waals surface area contributed by atoms with E-state index in [2.05, 4.69) is 42.7 Å². The van der Waals surface area contributed by atoms with Crippen LogP contribution in [0.4, 0.5) is 0 Å². The molecule has 0 saturated heterocycles. The Bertz CT molecular complexity index is 1010. The molecule has 0 spiro atoms. The number of hydrogen-bond acceptors (Lipinski definition) is 3. The minimum atomic E-state index is -0.902. The second-order valence-electron chi connectivity index (χ2n) is 5.60. The first kappa shape index (κ1) is 22.3. The first-order valence-corrected chi connectivity index (χ1v) is 9.85. The van der Waals surface area contributed by atoms with Crippen molar-refractivity contribution in [3.05, 3.63) is 104 Å². The molecule has 0 bridgehead atoms. The van der Waals surface area contributed by atoms with E-state index in [-0.39, 0.29) is 11.8 Å². The molecule has 0 radical (unpaired) electrons. The second kappa shape index (κ2) is 11.1. The number of hydrazine groups is 1. The van der Waals surface area contributed by atoms with Gasteiger partial charge < -0.3 is 5.11 Å². The number of carbonyl (C=O) groups excluding carboxylic acids is 2. The van der Waals surface area contributed by atoms with Crippen molar-refractivity contribution in [3.63, 3.8) is 0 Å². The Balaban J connectivity index is 0.000000253. The smallest absolute Gasteiger partial charge is 0.335 e.